The fourth-order valence-electron chi connectivity index (χ4n) is 1.70. The molecule has 16 heavy (non-hydrogen) atoms. The molecular weight excluding hydrogens is 218 g/mol. The summed E-state index contributed by atoms with van der Waals surface area (Å²) >= 11 is 0. The number of furan rings is 1. The first kappa shape index (κ1) is 11.1. The van der Waals surface area contributed by atoms with Crippen molar-refractivity contribution in [2.45, 2.75) is 31.6 Å². The van der Waals surface area contributed by atoms with Crippen LogP contribution in [-0.2, 0) is 11.2 Å². The lowest BCUT2D eigenvalue weighted by atomic mass is 10.2. The van der Waals surface area contributed by atoms with Crippen molar-refractivity contribution in [2.75, 3.05) is 0 Å². The van der Waals surface area contributed by atoms with E-state index in [1.54, 1.807) is 6.07 Å². The van der Waals surface area contributed by atoms with Crippen LogP contribution >= 0.6 is 0 Å². The highest BCUT2D eigenvalue weighted by atomic mass is 19.3. The zero-order valence-corrected chi connectivity index (χ0v) is 8.74. The van der Waals surface area contributed by atoms with Crippen LogP contribution in [0.1, 0.15) is 30.8 Å². The Morgan fingerprint density at radius 3 is 2.75 bits per heavy atom. The highest BCUT2D eigenvalue weighted by molar-refractivity contribution is 5.75. The van der Waals surface area contributed by atoms with Gasteiger partial charge in [-0.2, -0.15) is 8.78 Å². The van der Waals surface area contributed by atoms with Crippen molar-refractivity contribution in [1.29, 1.82) is 0 Å². The van der Waals surface area contributed by atoms with Gasteiger partial charge in [0.2, 0.25) is 0 Å². The molecule has 2 rings (SSSR count). The average Bonchev–Trinajstić information content (AvgIpc) is 2.73. The zero-order valence-electron chi connectivity index (χ0n) is 8.74. The molecule has 1 N–H and O–H groups in total. The molecule has 88 valence electrons. The number of alkyl halides is 2. The van der Waals surface area contributed by atoms with Gasteiger partial charge in [0.15, 0.2) is 0 Å². The topological polar surface area (TPSA) is 50.4 Å². The third kappa shape index (κ3) is 2.08. The van der Waals surface area contributed by atoms with Gasteiger partial charge in [0.05, 0.1) is 6.42 Å². The third-order valence-corrected chi connectivity index (χ3v) is 2.87. The van der Waals surface area contributed by atoms with Crippen LogP contribution in [-0.4, -0.2) is 17.0 Å². The minimum Gasteiger partial charge on any atom is -0.477 e. The van der Waals surface area contributed by atoms with E-state index in [9.17, 15) is 13.6 Å². The van der Waals surface area contributed by atoms with Gasteiger partial charge in [-0.15, -0.1) is 0 Å². The fourth-order valence-corrected chi connectivity index (χ4v) is 1.70. The molecule has 0 amide bonds. The number of halogens is 2. The van der Waals surface area contributed by atoms with Crippen molar-refractivity contribution < 1.29 is 23.1 Å². The van der Waals surface area contributed by atoms with E-state index >= 15 is 0 Å². The Labute approximate surface area is 91.1 Å². The lowest BCUT2D eigenvalue weighted by Crippen LogP contribution is -2.30. The highest BCUT2D eigenvalue weighted by Gasteiger charge is 2.41. The fraction of sp³-hybridized carbons (Fsp3) is 0.545. The first-order chi connectivity index (χ1) is 7.40. The number of hydrogen-bond donors (Lipinski definition) is 1. The Balaban J connectivity index is 2.05. The molecule has 2 unspecified atom stereocenters. The first-order valence-electron chi connectivity index (χ1n) is 5.10. The molecule has 0 aliphatic heterocycles. The maximum atomic E-state index is 12.9. The van der Waals surface area contributed by atoms with E-state index in [2.05, 4.69) is 6.92 Å². The second-order valence-corrected chi connectivity index (χ2v) is 4.31. The molecule has 1 aliphatic carbocycles. The average molecular weight is 230 g/mol. The zero-order chi connectivity index (χ0) is 11.9. The highest BCUT2D eigenvalue weighted by Crippen LogP contribution is 2.47. The maximum absolute atomic E-state index is 12.9. The molecule has 1 heterocycles. The Bertz CT molecular complexity index is 411. The summed E-state index contributed by atoms with van der Waals surface area (Å²) in [6.07, 6.45) is 0.117. The van der Waals surface area contributed by atoms with Crippen molar-refractivity contribution in [1.82, 2.24) is 0 Å². The minimum absolute atomic E-state index is 0.0292. The summed E-state index contributed by atoms with van der Waals surface area (Å²) in [4.78, 5) is 10.2. The van der Waals surface area contributed by atoms with Crippen LogP contribution in [0.15, 0.2) is 16.5 Å². The molecule has 1 fully saturated rings. The number of carbonyl (C=O) groups is 1. The Morgan fingerprint density at radius 1 is 1.62 bits per heavy atom. The van der Waals surface area contributed by atoms with E-state index in [1.807, 2.05) is 0 Å². The van der Waals surface area contributed by atoms with Crippen molar-refractivity contribution in [3.63, 3.8) is 0 Å². The van der Waals surface area contributed by atoms with E-state index in [1.165, 1.54) is 6.07 Å². The molecule has 0 saturated heterocycles. The molecule has 0 bridgehead atoms. The number of hydrogen-bond acceptors (Lipinski definition) is 2. The predicted octanol–water partition coefficient (Wildman–Crippen LogP) is 2.67. The van der Waals surface area contributed by atoms with Crippen LogP contribution in [0.2, 0.25) is 0 Å². The second-order valence-electron chi connectivity index (χ2n) is 4.31. The van der Waals surface area contributed by atoms with E-state index in [0.717, 1.165) is 6.42 Å². The van der Waals surface area contributed by atoms with Gasteiger partial charge in [0, 0.05) is 5.92 Å². The lowest BCUT2D eigenvalue weighted by Gasteiger charge is -2.08. The molecule has 0 radical (unpaired) electrons. The SMILES string of the molecule is CC1CC1c1ccc(CC(F)(F)C(=O)O)o1. The quantitative estimate of drug-likeness (QED) is 0.865. The summed E-state index contributed by atoms with van der Waals surface area (Å²) in [6.45, 7) is 2.05. The summed E-state index contributed by atoms with van der Waals surface area (Å²) in [5.41, 5.74) is 0. The lowest BCUT2D eigenvalue weighted by molar-refractivity contribution is -0.164. The standard InChI is InChI=1S/C11H12F2O3/c1-6-4-8(6)9-3-2-7(16-9)5-11(12,13)10(14)15/h2-3,6,8H,4-5H2,1H3,(H,14,15). The van der Waals surface area contributed by atoms with Crippen LogP contribution < -0.4 is 0 Å². The van der Waals surface area contributed by atoms with Gasteiger partial charge >= 0.3 is 11.9 Å². The van der Waals surface area contributed by atoms with E-state index in [-0.39, 0.29) is 5.76 Å². The minimum atomic E-state index is -3.76. The van der Waals surface area contributed by atoms with Gasteiger partial charge in [-0.1, -0.05) is 6.92 Å². The summed E-state index contributed by atoms with van der Waals surface area (Å²) in [7, 11) is 0. The molecule has 2 atom stereocenters. The van der Waals surface area contributed by atoms with E-state index < -0.39 is 18.3 Å². The normalized spacial score (nSPS) is 24.4. The predicted molar refractivity (Wildman–Crippen MR) is 51.5 cm³/mol. The summed E-state index contributed by atoms with van der Waals surface area (Å²) in [5, 5.41) is 8.28. The molecule has 1 saturated carbocycles. The molecule has 1 aromatic rings. The van der Waals surface area contributed by atoms with Crippen molar-refractivity contribution >= 4 is 5.97 Å². The molecule has 1 aromatic heterocycles. The Morgan fingerprint density at radius 2 is 2.25 bits per heavy atom. The van der Waals surface area contributed by atoms with Crippen LogP contribution in [0, 0.1) is 5.92 Å². The summed E-state index contributed by atoms with van der Waals surface area (Å²) < 4.78 is 31.0. The largest absolute Gasteiger partial charge is 0.477 e. The monoisotopic (exact) mass is 230 g/mol. The number of rotatable bonds is 4. The smallest absolute Gasteiger partial charge is 0.375 e. The third-order valence-electron chi connectivity index (χ3n) is 2.87. The molecule has 0 aromatic carbocycles. The number of carboxylic acid groups (broad SMARTS) is 1. The van der Waals surface area contributed by atoms with Gasteiger partial charge < -0.3 is 9.52 Å². The van der Waals surface area contributed by atoms with Gasteiger partial charge in [-0.05, 0) is 24.5 Å². The van der Waals surface area contributed by atoms with Gasteiger partial charge in [-0.25, -0.2) is 4.79 Å². The van der Waals surface area contributed by atoms with Crippen molar-refractivity contribution in [2.24, 2.45) is 5.92 Å². The Kier molecular flexibility index (Phi) is 2.48. The van der Waals surface area contributed by atoms with Crippen LogP contribution in [0.4, 0.5) is 8.78 Å². The Hall–Kier alpha value is -1.39. The number of carboxylic acids is 1. The molecule has 1 aliphatic rings. The van der Waals surface area contributed by atoms with Gasteiger partial charge in [0.1, 0.15) is 11.5 Å². The van der Waals surface area contributed by atoms with Crippen molar-refractivity contribution in [3.8, 4) is 0 Å². The van der Waals surface area contributed by atoms with Gasteiger partial charge in [-0.3, -0.25) is 0 Å². The van der Waals surface area contributed by atoms with Crippen LogP contribution in [0.3, 0.4) is 0 Å². The summed E-state index contributed by atoms with van der Waals surface area (Å²) in [6, 6.07) is 3.08. The van der Waals surface area contributed by atoms with Crippen LogP contribution in [0.25, 0.3) is 0 Å². The molecular formula is C11H12F2O3. The maximum Gasteiger partial charge on any atom is 0.375 e. The van der Waals surface area contributed by atoms with E-state index in [4.69, 9.17) is 9.52 Å². The number of aliphatic carboxylic acids is 1. The second kappa shape index (κ2) is 3.57. The summed E-state index contributed by atoms with van der Waals surface area (Å²) in [5.74, 6) is -4.33. The molecule has 5 heteroatoms. The van der Waals surface area contributed by atoms with Crippen molar-refractivity contribution in [3.05, 3.63) is 23.7 Å². The van der Waals surface area contributed by atoms with Crippen LogP contribution in [0.5, 0.6) is 0 Å². The first-order valence-corrected chi connectivity index (χ1v) is 5.10. The molecule has 0 spiro atoms. The molecule has 3 nitrogen and oxygen atoms in total. The van der Waals surface area contributed by atoms with Gasteiger partial charge in [0.25, 0.3) is 0 Å². The van der Waals surface area contributed by atoms with E-state index in [0.29, 0.717) is 17.6 Å².